The topological polar surface area (TPSA) is 81.7 Å². The number of fused-ring (bicyclic) bond motifs is 1. The fraction of sp³-hybridized carbons (Fsp3) is 0.214. The van der Waals surface area contributed by atoms with Crippen LogP contribution in [0, 0.1) is 0 Å². The van der Waals surface area contributed by atoms with E-state index in [1.165, 1.54) is 5.56 Å². The third-order valence-corrected chi connectivity index (χ3v) is 3.05. The average molecular weight is 268 g/mol. The molecule has 0 radical (unpaired) electrons. The fourth-order valence-electron chi connectivity index (χ4n) is 2.10. The normalized spacial score (nSPS) is 10.8. The van der Waals surface area contributed by atoms with Gasteiger partial charge in [0.25, 0.3) is 0 Å². The lowest BCUT2D eigenvalue weighted by molar-refractivity contribution is 0.703. The molecule has 0 spiro atoms. The minimum absolute atomic E-state index is 0.559. The van der Waals surface area contributed by atoms with Crippen LogP contribution in [0.4, 0.5) is 5.82 Å². The van der Waals surface area contributed by atoms with Gasteiger partial charge in [-0.3, -0.25) is 0 Å². The van der Waals surface area contributed by atoms with Crippen LogP contribution in [0.2, 0.25) is 0 Å². The number of hydrogen-bond donors (Lipinski definition) is 2. The van der Waals surface area contributed by atoms with Gasteiger partial charge in [0.2, 0.25) is 0 Å². The van der Waals surface area contributed by atoms with Gasteiger partial charge in [0.1, 0.15) is 12.1 Å². The number of nitrogens with zero attached hydrogens (tertiary/aromatic N) is 4. The van der Waals surface area contributed by atoms with E-state index >= 15 is 0 Å². The van der Waals surface area contributed by atoms with Gasteiger partial charge in [-0.15, -0.1) is 0 Å². The number of hydrogen-bond acceptors (Lipinski definition) is 5. The predicted molar refractivity (Wildman–Crippen MR) is 78.4 cm³/mol. The summed E-state index contributed by atoms with van der Waals surface area (Å²) in [5.74, 6) is 0.778. The Labute approximate surface area is 116 Å². The van der Waals surface area contributed by atoms with Gasteiger partial charge < -0.3 is 11.1 Å². The Kier molecular flexibility index (Phi) is 3.56. The molecule has 3 N–H and O–H groups in total. The zero-order chi connectivity index (χ0) is 13.8. The smallest absolute Gasteiger partial charge is 0.163 e. The molecule has 6 heteroatoms. The van der Waals surface area contributed by atoms with Gasteiger partial charge in [-0.05, 0) is 5.56 Å². The van der Waals surface area contributed by atoms with Crippen molar-refractivity contribution in [1.82, 2.24) is 19.7 Å². The first-order valence-corrected chi connectivity index (χ1v) is 6.53. The van der Waals surface area contributed by atoms with Crippen LogP contribution >= 0.6 is 0 Å². The lowest BCUT2D eigenvalue weighted by atomic mass is 10.2. The quantitative estimate of drug-likeness (QED) is 0.727. The molecule has 0 amide bonds. The summed E-state index contributed by atoms with van der Waals surface area (Å²) in [7, 11) is 0. The molecule has 0 fully saturated rings. The van der Waals surface area contributed by atoms with Crippen molar-refractivity contribution >= 4 is 16.9 Å². The molecule has 0 aliphatic rings. The minimum atomic E-state index is 0.559. The Morgan fingerprint density at radius 1 is 1.15 bits per heavy atom. The summed E-state index contributed by atoms with van der Waals surface area (Å²) < 4.78 is 1.87. The summed E-state index contributed by atoms with van der Waals surface area (Å²) in [4.78, 5) is 8.56. The molecule has 0 unspecified atom stereocenters. The van der Waals surface area contributed by atoms with Gasteiger partial charge >= 0.3 is 0 Å². The Morgan fingerprint density at radius 3 is 2.80 bits per heavy atom. The van der Waals surface area contributed by atoms with E-state index in [9.17, 15) is 0 Å². The molecule has 0 aliphatic carbocycles. The molecule has 0 atom stereocenters. The third-order valence-electron chi connectivity index (χ3n) is 3.05. The van der Waals surface area contributed by atoms with Gasteiger partial charge in [0.05, 0.1) is 18.1 Å². The maximum absolute atomic E-state index is 5.50. The van der Waals surface area contributed by atoms with Crippen molar-refractivity contribution in [3.8, 4) is 0 Å². The molecule has 20 heavy (non-hydrogen) atoms. The molecule has 0 saturated heterocycles. The molecule has 2 heterocycles. The molecule has 6 nitrogen and oxygen atoms in total. The van der Waals surface area contributed by atoms with Crippen LogP contribution in [0.3, 0.4) is 0 Å². The zero-order valence-corrected chi connectivity index (χ0v) is 11.0. The lowest BCUT2D eigenvalue weighted by Gasteiger charge is -2.05. The number of nitrogens with two attached hydrogens (primary N) is 1. The second-order valence-electron chi connectivity index (χ2n) is 4.46. The van der Waals surface area contributed by atoms with E-state index in [2.05, 4.69) is 32.5 Å². The second kappa shape index (κ2) is 5.66. The maximum Gasteiger partial charge on any atom is 0.163 e. The molecule has 1 aromatic carbocycles. The van der Waals surface area contributed by atoms with Crippen molar-refractivity contribution in [2.45, 2.75) is 6.54 Å². The first kappa shape index (κ1) is 12.6. The van der Waals surface area contributed by atoms with Gasteiger partial charge in [0.15, 0.2) is 5.65 Å². The van der Waals surface area contributed by atoms with E-state index in [1.807, 2.05) is 22.9 Å². The number of nitrogens with one attached hydrogen (secondary N) is 1. The predicted octanol–water partition coefficient (Wildman–Crippen LogP) is 1.25. The van der Waals surface area contributed by atoms with Crippen molar-refractivity contribution in [3.63, 3.8) is 0 Å². The van der Waals surface area contributed by atoms with Crippen molar-refractivity contribution in [2.75, 3.05) is 18.4 Å². The summed E-state index contributed by atoms with van der Waals surface area (Å²) in [5, 5.41) is 8.50. The third kappa shape index (κ3) is 2.46. The number of benzene rings is 1. The summed E-state index contributed by atoms with van der Waals surface area (Å²) in [6.07, 6.45) is 3.33. The van der Waals surface area contributed by atoms with Crippen molar-refractivity contribution in [3.05, 3.63) is 48.4 Å². The van der Waals surface area contributed by atoms with Crippen LogP contribution < -0.4 is 11.1 Å². The van der Waals surface area contributed by atoms with E-state index in [4.69, 9.17) is 5.73 Å². The number of aromatic nitrogens is 4. The molecular weight excluding hydrogens is 252 g/mol. The number of rotatable bonds is 5. The Hall–Kier alpha value is -2.47. The monoisotopic (exact) mass is 268 g/mol. The Balaban J connectivity index is 1.93. The molecule has 2 aromatic heterocycles. The SMILES string of the molecule is NCCNc1ncnc2c1cnn2Cc1ccccc1. The summed E-state index contributed by atoms with van der Waals surface area (Å²) in [5.41, 5.74) is 7.51. The zero-order valence-electron chi connectivity index (χ0n) is 11.0. The van der Waals surface area contributed by atoms with Crippen LogP contribution in [0.15, 0.2) is 42.9 Å². The molecule has 3 rings (SSSR count). The Bertz CT molecular complexity index is 691. The maximum atomic E-state index is 5.50. The molecule has 3 aromatic rings. The Morgan fingerprint density at radius 2 is 2.00 bits per heavy atom. The second-order valence-corrected chi connectivity index (χ2v) is 4.46. The van der Waals surface area contributed by atoms with Gasteiger partial charge in [0, 0.05) is 13.1 Å². The van der Waals surface area contributed by atoms with E-state index in [1.54, 1.807) is 12.5 Å². The average Bonchev–Trinajstić information content (AvgIpc) is 2.90. The minimum Gasteiger partial charge on any atom is -0.368 e. The summed E-state index contributed by atoms with van der Waals surface area (Å²) in [6, 6.07) is 10.2. The van der Waals surface area contributed by atoms with E-state index in [-0.39, 0.29) is 0 Å². The van der Waals surface area contributed by atoms with E-state index < -0.39 is 0 Å². The molecule has 0 aliphatic heterocycles. The lowest BCUT2D eigenvalue weighted by Crippen LogP contribution is -2.14. The molecular formula is C14H16N6. The summed E-state index contributed by atoms with van der Waals surface area (Å²) in [6.45, 7) is 1.93. The van der Waals surface area contributed by atoms with Gasteiger partial charge in [-0.1, -0.05) is 30.3 Å². The highest BCUT2D eigenvalue weighted by atomic mass is 15.3. The largest absolute Gasteiger partial charge is 0.368 e. The van der Waals surface area contributed by atoms with Crippen molar-refractivity contribution < 1.29 is 0 Å². The van der Waals surface area contributed by atoms with Gasteiger partial charge in [-0.25, -0.2) is 14.6 Å². The van der Waals surface area contributed by atoms with Crippen LogP contribution in [-0.4, -0.2) is 32.8 Å². The highest BCUT2D eigenvalue weighted by molar-refractivity contribution is 5.86. The number of anilines is 1. The van der Waals surface area contributed by atoms with Crippen LogP contribution in [-0.2, 0) is 6.54 Å². The molecule has 102 valence electrons. The van der Waals surface area contributed by atoms with Crippen molar-refractivity contribution in [2.24, 2.45) is 5.73 Å². The fourth-order valence-corrected chi connectivity index (χ4v) is 2.10. The van der Waals surface area contributed by atoms with Crippen LogP contribution in [0.5, 0.6) is 0 Å². The van der Waals surface area contributed by atoms with Crippen LogP contribution in [0.25, 0.3) is 11.0 Å². The summed E-state index contributed by atoms with van der Waals surface area (Å²) >= 11 is 0. The van der Waals surface area contributed by atoms with Crippen molar-refractivity contribution in [1.29, 1.82) is 0 Å². The van der Waals surface area contributed by atoms with E-state index in [0.717, 1.165) is 16.9 Å². The first-order chi connectivity index (χ1) is 9.88. The highest BCUT2D eigenvalue weighted by Gasteiger charge is 2.09. The standard InChI is InChI=1S/C14H16N6/c15-6-7-16-13-12-8-19-20(14(12)18-10-17-13)9-11-4-2-1-3-5-11/h1-5,8,10H,6-7,9,15H2,(H,16,17,18). The van der Waals surface area contributed by atoms with E-state index in [0.29, 0.717) is 19.6 Å². The first-order valence-electron chi connectivity index (χ1n) is 6.53. The molecule has 0 bridgehead atoms. The van der Waals surface area contributed by atoms with Crippen LogP contribution in [0.1, 0.15) is 5.56 Å². The van der Waals surface area contributed by atoms with Gasteiger partial charge in [-0.2, -0.15) is 5.10 Å². The molecule has 0 saturated carbocycles. The highest BCUT2D eigenvalue weighted by Crippen LogP contribution is 2.19.